The highest BCUT2D eigenvalue weighted by Crippen LogP contribution is 2.30. The first-order chi connectivity index (χ1) is 15.9. The molecule has 0 aliphatic carbocycles. The zero-order valence-electron chi connectivity index (χ0n) is 19.5. The molecule has 1 amide bonds. The Labute approximate surface area is 194 Å². The first kappa shape index (κ1) is 23.5. The van der Waals surface area contributed by atoms with E-state index in [0.717, 1.165) is 22.5 Å². The number of methoxy groups -OCH3 is 2. The van der Waals surface area contributed by atoms with Crippen LogP contribution in [0.5, 0.6) is 11.5 Å². The van der Waals surface area contributed by atoms with Gasteiger partial charge in [-0.15, -0.1) is 0 Å². The van der Waals surface area contributed by atoms with E-state index in [1.54, 1.807) is 44.4 Å². The van der Waals surface area contributed by atoms with Crippen molar-refractivity contribution in [2.24, 2.45) is 0 Å². The van der Waals surface area contributed by atoms with Gasteiger partial charge in [-0.2, -0.15) is 5.26 Å². The summed E-state index contributed by atoms with van der Waals surface area (Å²) in [5.41, 5.74) is 3.80. The maximum atomic E-state index is 12.1. The van der Waals surface area contributed by atoms with Gasteiger partial charge in [0.25, 0.3) is 0 Å². The number of rotatable bonds is 8. The highest BCUT2D eigenvalue weighted by atomic mass is 16.5. The van der Waals surface area contributed by atoms with Crippen LogP contribution in [0.3, 0.4) is 0 Å². The summed E-state index contributed by atoms with van der Waals surface area (Å²) in [4.78, 5) is 24.6. The molecule has 0 saturated carbocycles. The van der Waals surface area contributed by atoms with Crippen LogP contribution in [0.15, 0.2) is 48.7 Å². The van der Waals surface area contributed by atoms with Crippen molar-refractivity contribution in [2.75, 3.05) is 46.8 Å². The third kappa shape index (κ3) is 5.57. The minimum Gasteiger partial charge on any atom is -0.495 e. The van der Waals surface area contributed by atoms with Gasteiger partial charge in [-0.1, -0.05) is 6.07 Å². The molecule has 0 fully saturated rings. The predicted molar refractivity (Wildman–Crippen MR) is 126 cm³/mol. The van der Waals surface area contributed by atoms with Crippen LogP contribution in [0.4, 0.5) is 5.69 Å². The fourth-order valence-corrected chi connectivity index (χ4v) is 3.36. The van der Waals surface area contributed by atoms with Crippen LogP contribution in [0.1, 0.15) is 17.0 Å². The third-order valence-electron chi connectivity index (χ3n) is 5.21. The monoisotopic (exact) mass is 445 g/mol. The van der Waals surface area contributed by atoms with Crippen LogP contribution in [0, 0.1) is 11.3 Å². The predicted octanol–water partition coefficient (Wildman–Crippen LogP) is 3.15. The molecule has 0 saturated heterocycles. The van der Waals surface area contributed by atoms with Crippen LogP contribution in [-0.4, -0.2) is 62.7 Å². The van der Waals surface area contributed by atoms with Gasteiger partial charge in [-0.3, -0.25) is 4.79 Å². The first-order valence-electron chi connectivity index (χ1n) is 10.3. The minimum atomic E-state index is 0.00642. The van der Waals surface area contributed by atoms with E-state index in [1.165, 1.54) is 7.11 Å². The molecular weight excluding hydrogens is 418 g/mol. The molecule has 0 spiro atoms. The summed E-state index contributed by atoms with van der Waals surface area (Å²) in [6, 6.07) is 15.2. The molecule has 33 heavy (non-hydrogen) atoms. The normalized spacial score (nSPS) is 10.3. The smallest absolute Gasteiger partial charge is 0.241 e. The van der Waals surface area contributed by atoms with Gasteiger partial charge < -0.3 is 19.3 Å². The van der Waals surface area contributed by atoms with Gasteiger partial charge in [-0.05, 0) is 42.0 Å². The van der Waals surface area contributed by atoms with E-state index >= 15 is 0 Å². The third-order valence-corrected chi connectivity index (χ3v) is 5.21. The second-order valence-electron chi connectivity index (χ2n) is 7.71. The minimum absolute atomic E-state index is 0.00642. The Kier molecular flexibility index (Phi) is 7.46. The Balaban J connectivity index is 1.83. The number of hydrogen-bond acceptors (Lipinski definition) is 7. The molecule has 2 aromatic carbocycles. The van der Waals surface area contributed by atoms with E-state index in [-0.39, 0.29) is 12.5 Å². The summed E-state index contributed by atoms with van der Waals surface area (Å²) in [5.74, 6) is 1.85. The number of hydrogen-bond donors (Lipinski definition) is 0. The molecule has 0 aliphatic heterocycles. The molecule has 3 rings (SSSR count). The van der Waals surface area contributed by atoms with Crippen molar-refractivity contribution >= 4 is 11.6 Å². The van der Waals surface area contributed by atoms with Gasteiger partial charge in [0.15, 0.2) is 0 Å². The Morgan fingerprint density at radius 1 is 1.03 bits per heavy atom. The number of anilines is 1. The largest absolute Gasteiger partial charge is 0.495 e. The molecule has 0 unspecified atom stereocenters. The lowest BCUT2D eigenvalue weighted by Crippen LogP contribution is -2.34. The van der Waals surface area contributed by atoms with Gasteiger partial charge in [0, 0.05) is 39.3 Å². The Morgan fingerprint density at radius 3 is 2.45 bits per heavy atom. The van der Waals surface area contributed by atoms with Crippen molar-refractivity contribution in [1.82, 2.24) is 14.9 Å². The van der Waals surface area contributed by atoms with Crippen molar-refractivity contribution in [2.45, 2.75) is 6.42 Å². The van der Waals surface area contributed by atoms with E-state index in [0.29, 0.717) is 29.3 Å². The molecule has 8 nitrogen and oxygen atoms in total. The van der Waals surface area contributed by atoms with E-state index in [1.807, 2.05) is 42.3 Å². The number of nitriles is 1. The highest BCUT2D eigenvalue weighted by Gasteiger charge is 2.15. The number of aromatic nitrogens is 2. The summed E-state index contributed by atoms with van der Waals surface area (Å²) < 4.78 is 10.8. The van der Waals surface area contributed by atoms with Crippen LogP contribution >= 0.6 is 0 Å². The molecular formula is C25H27N5O3. The number of amides is 1. The molecule has 1 aromatic heterocycles. The van der Waals surface area contributed by atoms with Gasteiger partial charge >= 0.3 is 0 Å². The number of carbonyl (C=O) groups is 1. The molecule has 0 atom stereocenters. The maximum absolute atomic E-state index is 12.1. The van der Waals surface area contributed by atoms with Crippen LogP contribution in [-0.2, 0) is 11.2 Å². The Morgan fingerprint density at radius 2 is 1.79 bits per heavy atom. The Hall–Kier alpha value is -4.12. The van der Waals surface area contributed by atoms with Crippen molar-refractivity contribution in [3.05, 3.63) is 65.6 Å². The summed E-state index contributed by atoms with van der Waals surface area (Å²) in [6.07, 6.45) is 2.21. The molecule has 0 N–H and O–H groups in total. The van der Waals surface area contributed by atoms with Crippen LogP contribution in [0.2, 0.25) is 0 Å². The fraction of sp³-hybridized carbons (Fsp3) is 0.280. The number of nitrogens with zero attached hydrogens (tertiary/aromatic N) is 5. The number of carbonyl (C=O) groups excluding carboxylic acids is 1. The maximum Gasteiger partial charge on any atom is 0.241 e. The van der Waals surface area contributed by atoms with Crippen LogP contribution < -0.4 is 14.4 Å². The van der Waals surface area contributed by atoms with Gasteiger partial charge in [0.05, 0.1) is 37.7 Å². The molecule has 3 aromatic rings. The van der Waals surface area contributed by atoms with Crippen molar-refractivity contribution in [1.29, 1.82) is 5.26 Å². The number of ether oxygens (including phenoxy) is 2. The van der Waals surface area contributed by atoms with Crippen molar-refractivity contribution in [3.8, 4) is 28.8 Å². The van der Waals surface area contributed by atoms with Crippen molar-refractivity contribution < 1.29 is 14.3 Å². The summed E-state index contributed by atoms with van der Waals surface area (Å²) in [7, 11) is 8.47. The average molecular weight is 446 g/mol. The van der Waals surface area contributed by atoms with E-state index in [9.17, 15) is 10.1 Å². The van der Waals surface area contributed by atoms with E-state index in [2.05, 4.69) is 16.0 Å². The molecule has 0 radical (unpaired) electrons. The SMILES string of the molecule is COc1ccc(-c2ccnc(Cc3ccc(N(C)CC(=O)N(C)C)c(OC)c3)n2)cc1C#N. The molecule has 0 bridgehead atoms. The number of likely N-dealkylation sites (N-methyl/N-ethyl adjacent to an activating group) is 2. The van der Waals surface area contributed by atoms with Crippen molar-refractivity contribution in [3.63, 3.8) is 0 Å². The zero-order chi connectivity index (χ0) is 24.0. The molecule has 0 aliphatic rings. The fourth-order valence-electron chi connectivity index (χ4n) is 3.36. The van der Waals surface area contributed by atoms with Gasteiger partial charge in [-0.25, -0.2) is 9.97 Å². The lowest BCUT2D eigenvalue weighted by Gasteiger charge is -2.23. The number of benzene rings is 2. The topological polar surface area (TPSA) is 91.6 Å². The Bertz CT molecular complexity index is 1190. The van der Waals surface area contributed by atoms with Crippen LogP contribution in [0.25, 0.3) is 11.3 Å². The second kappa shape index (κ2) is 10.5. The lowest BCUT2D eigenvalue weighted by atomic mass is 10.1. The van der Waals surface area contributed by atoms with E-state index in [4.69, 9.17) is 9.47 Å². The van der Waals surface area contributed by atoms with Gasteiger partial charge in [0.1, 0.15) is 23.4 Å². The quantitative estimate of drug-likeness (QED) is 0.526. The lowest BCUT2D eigenvalue weighted by molar-refractivity contribution is -0.127. The van der Waals surface area contributed by atoms with E-state index < -0.39 is 0 Å². The zero-order valence-corrected chi connectivity index (χ0v) is 19.5. The van der Waals surface area contributed by atoms with Gasteiger partial charge in [0.2, 0.25) is 5.91 Å². The highest BCUT2D eigenvalue weighted by molar-refractivity contribution is 5.81. The average Bonchev–Trinajstić information content (AvgIpc) is 2.83. The molecule has 1 heterocycles. The molecule has 170 valence electrons. The second-order valence-corrected chi connectivity index (χ2v) is 7.71. The summed E-state index contributed by atoms with van der Waals surface area (Å²) in [5, 5.41) is 9.36. The standard InChI is InChI=1S/C25H27N5O3/c1-29(2)25(31)16-30(3)21-8-6-17(12-23(21)33-5)13-24-27-11-10-20(28-24)18-7-9-22(32-4)19(14-18)15-26/h6-12,14H,13,16H2,1-5H3. The summed E-state index contributed by atoms with van der Waals surface area (Å²) in [6.45, 7) is 0.250. The first-order valence-corrected chi connectivity index (χ1v) is 10.3. The summed E-state index contributed by atoms with van der Waals surface area (Å²) >= 11 is 0. The molecule has 8 heteroatoms.